The van der Waals surface area contributed by atoms with Crippen LogP contribution in [-0.4, -0.2) is 47.2 Å². The van der Waals surface area contributed by atoms with E-state index in [1.807, 2.05) is 0 Å². The maximum Gasteiger partial charge on any atom is 0.332 e. The number of fused-ring (bicyclic) bond motifs is 1. The Kier molecular flexibility index (Phi) is 13.2. The van der Waals surface area contributed by atoms with Gasteiger partial charge in [-0.3, -0.25) is 0 Å². The summed E-state index contributed by atoms with van der Waals surface area (Å²) in [5.74, 6) is -0.398. The molecule has 3 rings (SSSR count). The number of hydrogen-bond acceptors (Lipinski definition) is 5. The molecular weight excluding hydrogens is 641 g/mol. The molecule has 7 heteroatoms. The highest BCUT2D eigenvalue weighted by molar-refractivity contribution is 6.74. The van der Waals surface area contributed by atoms with E-state index in [4.69, 9.17) is 24.9 Å². The van der Waals surface area contributed by atoms with Crippen molar-refractivity contribution in [3.05, 3.63) is 47.1 Å². The van der Waals surface area contributed by atoms with Crippen molar-refractivity contribution in [3.8, 4) is 0 Å². The molecule has 5 nitrogen and oxygen atoms in total. The molecule has 0 bridgehead atoms. The molecule has 0 amide bonds. The Hall–Kier alpha value is -1.26. The fraction of sp³-hybridized carbons (Fsp3) is 0.786. The van der Waals surface area contributed by atoms with E-state index >= 15 is 0 Å². The van der Waals surface area contributed by atoms with Gasteiger partial charge in [-0.2, -0.15) is 0 Å². The number of hydrogen-bond donors (Lipinski definition) is 0. The number of rotatable bonds is 12. The van der Waals surface area contributed by atoms with Crippen molar-refractivity contribution in [3.63, 3.8) is 0 Å². The predicted octanol–water partition coefficient (Wildman–Crippen LogP) is 12.1. The van der Waals surface area contributed by atoms with Crippen LogP contribution in [-0.2, 0) is 23.1 Å². The van der Waals surface area contributed by atoms with Gasteiger partial charge in [-0.1, -0.05) is 119 Å². The minimum Gasteiger partial charge on any atom is -0.460 e. The highest BCUT2D eigenvalue weighted by atomic mass is 28.4. The molecule has 2 saturated carbocycles. The van der Waals surface area contributed by atoms with Gasteiger partial charge >= 0.3 is 5.97 Å². The van der Waals surface area contributed by atoms with E-state index in [1.54, 1.807) is 5.57 Å². The molecule has 49 heavy (non-hydrogen) atoms. The van der Waals surface area contributed by atoms with Gasteiger partial charge in [0.25, 0.3) is 0 Å². The Bertz CT molecular complexity index is 1280. The fourth-order valence-corrected chi connectivity index (χ4v) is 10.6. The zero-order valence-corrected chi connectivity index (χ0v) is 36.5. The first-order valence-electron chi connectivity index (χ1n) is 19.3. The third-order valence-corrected chi connectivity index (χ3v) is 21.9. The molecule has 0 aromatic heterocycles. The summed E-state index contributed by atoms with van der Waals surface area (Å²) in [6.45, 7) is 40.4. The zero-order chi connectivity index (χ0) is 37.4. The summed E-state index contributed by atoms with van der Waals surface area (Å²) in [7, 11) is -4.59. The predicted molar refractivity (Wildman–Crippen MR) is 212 cm³/mol. The van der Waals surface area contributed by atoms with E-state index in [-0.39, 0.29) is 52.1 Å². The number of esters is 1. The van der Waals surface area contributed by atoms with Crippen LogP contribution in [0.1, 0.15) is 128 Å². The molecular formula is C42H74O5Si2. The average Bonchev–Trinajstić information content (AvgIpc) is 3.30. The van der Waals surface area contributed by atoms with Crippen LogP contribution in [0.5, 0.6) is 0 Å². The van der Waals surface area contributed by atoms with Crippen LogP contribution in [0.15, 0.2) is 47.1 Å². The Balaban J connectivity index is 2.10. The summed E-state index contributed by atoms with van der Waals surface area (Å²) in [4.78, 5) is 13.5. The third kappa shape index (κ3) is 9.60. The Morgan fingerprint density at radius 2 is 1.59 bits per heavy atom. The molecule has 1 unspecified atom stereocenters. The SMILES string of the molecule is C=C1C(=CC=C2CCC[C@]3(C)C(CC)=CC[C@@H]23)C[C@](OCC(=O)OC(C(C)C)C(C)C)(O[Si](C)(C)C(C)(C)C)CC1O[Si](C)(C)C(C)(C)C. The smallest absolute Gasteiger partial charge is 0.332 e. The molecule has 3 aliphatic carbocycles. The van der Waals surface area contributed by atoms with Crippen LogP contribution >= 0.6 is 0 Å². The molecule has 4 atom stereocenters. The lowest BCUT2D eigenvalue weighted by molar-refractivity contribution is -0.218. The topological polar surface area (TPSA) is 54.0 Å². The highest BCUT2D eigenvalue weighted by Crippen LogP contribution is 2.56. The second-order valence-corrected chi connectivity index (χ2v) is 28.8. The summed E-state index contributed by atoms with van der Waals surface area (Å²) in [5, 5.41) is -0.0364. The maximum atomic E-state index is 13.5. The lowest BCUT2D eigenvalue weighted by atomic mass is 9.64. The fourth-order valence-electron chi connectivity index (χ4n) is 7.81. The average molecular weight is 715 g/mol. The lowest BCUT2D eigenvalue weighted by Gasteiger charge is -2.51. The van der Waals surface area contributed by atoms with Crippen molar-refractivity contribution in [2.75, 3.05) is 6.61 Å². The van der Waals surface area contributed by atoms with Crippen molar-refractivity contribution < 1.29 is 23.1 Å². The van der Waals surface area contributed by atoms with Gasteiger partial charge in [0.1, 0.15) is 12.7 Å². The molecule has 0 aromatic rings. The molecule has 2 fully saturated rings. The molecule has 0 saturated heterocycles. The van der Waals surface area contributed by atoms with Gasteiger partial charge in [-0.25, -0.2) is 4.79 Å². The Morgan fingerprint density at radius 3 is 2.12 bits per heavy atom. The van der Waals surface area contributed by atoms with Gasteiger partial charge in [0.2, 0.25) is 0 Å². The molecule has 3 aliphatic rings. The first-order valence-corrected chi connectivity index (χ1v) is 25.1. The minimum absolute atomic E-state index is 0.0198. The summed E-state index contributed by atoms with van der Waals surface area (Å²) in [5.41, 5.74) is 5.54. The molecule has 0 aliphatic heterocycles. The van der Waals surface area contributed by atoms with E-state index in [0.717, 1.165) is 30.4 Å². The van der Waals surface area contributed by atoms with E-state index in [0.29, 0.717) is 18.8 Å². The van der Waals surface area contributed by atoms with E-state index in [1.165, 1.54) is 18.4 Å². The van der Waals surface area contributed by atoms with Crippen LogP contribution in [0.4, 0.5) is 0 Å². The van der Waals surface area contributed by atoms with Crippen LogP contribution in [0, 0.1) is 23.2 Å². The van der Waals surface area contributed by atoms with Crippen LogP contribution in [0.25, 0.3) is 0 Å². The normalized spacial score (nSPS) is 29.0. The number of carbonyl (C=O) groups is 1. The maximum absolute atomic E-state index is 13.5. The van der Waals surface area contributed by atoms with Gasteiger partial charge < -0.3 is 18.3 Å². The summed E-state index contributed by atoms with van der Waals surface area (Å²) in [6, 6.07) is 0. The monoisotopic (exact) mass is 715 g/mol. The van der Waals surface area contributed by atoms with Crippen LogP contribution < -0.4 is 0 Å². The van der Waals surface area contributed by atoms with Crippen molar-refractivity contribution in [2.24, 2.45) is 23.2 Å². The standard InChI is InChI=1S/C42H74O5Si2/c1-18-34-23-24-35-32(20-19-25-41(34,35)13)21-22-33-26-42(47-49(16,17)40(10,11)12,44-28-37(43)45-38(29(2)3)30(4)5)27-36(31(33)6)46-48(14,15)39(7,8)9/h21-23,29-30,35-36,38H,6,18-20,24-28H2,1-5,7-17H3/t35-,36?,41+,42-/m0/s1. The van der Waals surface area contributed by atoms with Crippen molar-refractivity contribution >= 4 is 22.6 Å². The van der Waals surface area contributed by atoms with Crippen molar-refractivity contribution in [1.82, 2.24) is 0 Å². The second kappa shape index (κ2) is 15.4. The second-order valence-electron chi connectivity index (χ2n) is 19.4. The van der Waals surface area contributed by atoms with Gasteiger partial charge in [-0.15, -0.1) is 0 Å². The molecule has 280 valence electrons. The van der Waals surface area contributed by atoms with Crippen LogP contribution in [0.3, 0.4) is 0 Å². The molecule has 0 radical (unpaired) electrons. The van der Waals surface area contributed by atoms with E-state index < -0.39 is 22.4 Å². The van der Waals surface area contributed by atoms with Gasteiger partial charge in [-0.05, 0) is 103 Å². The van der Waals surface area contributed by atoms with Gasteiger partial charge in [0.15, 0.2) is 22.4 Å². The Labute approximate surface area is 304 Å². The summed E-state index contributed by atoms with van der Waals surface area (Å²) < 4.78 is 27.3. The quantitative estimate of drug-likeness (QED) is 0.0872. The summed E-state index contributed by atoms with van der Waals surface area (Å²) in [6.07, 6.45) is 13.6. The van der Waals surface area contributed by atoms with Crippen molar-refractivity contribution in [2.45, 2.75) is 182 Å². The first-order chi connectivity index (χ1) is 22.3. The molecule has 0 N–H and O–H groups in total. The van der Waals surface area contributed by atoms with Crippen molar-refractivity contribution in [1.29, 1.82) is 0 Å². The number of carbonyl (C=O) groups excluding carboxylic acids is 1. The van der Waals surface area contributed by atoms with Gasteiger partial charge in [0, 0.05) is 12.8 Å². The van der Waals surface area contributed by atoms with E-state index in [2.05, 4.69) is 128 Å². The zero-order valence-electron chi connectivity index (χ0n) is 34.5. The highest BCUT2D eigenvalue weighted by Gasteiger charge is 2.52. The van der Waals surface area contributed by atoms with Gasteiger partial charge in [0.05, 0.1) is 6.10 Å². The number of ether oxygens (including phenoxy) is 2. The van der Waals surface area contributed by atoms with Crippen LogP contribution in [0.2, 0.25) is 36.3 Å². The first kappa shape index (κ1) is 42.2. The lowest BCUT2D eigenvalue weighted by Crippen LogP contribution is -2.56. The number of allylic oxidation sites excluding steroid dienone is 5. The summed E-state index contributed by atoms with van der Waals surface area (Å²) >= 11 is 0. The molecule has 0 spiro atoms. The largest absolute Gasteiger partial charge is 0.460 e. The Morgan fingerprint density at radius 1 is 1.00 bits per heavy atom. The van der Waals surface area contributed by atoms with E-state index in [9.17, 15) is 4.79 Å². The molecule has 0 heterocycles. The molecule has 0 aromatic carbocycles. The minimum atomic E-state index is -2.38. The third-order valence-electron chi connectivity index (χ3n) is 12.9.